The smallest absolute Gasteiger partial charge is 0.307 e. The Balaban J connectivity index is 2.37. The SMILES string of the molecule is O=C1N=CC2=Cc3[nH]c(=O)[nH]c(=O)c3C(=O)C2=N1. The van der Waals surface area contributed by atoms with E-state index in [1.807, 2.05) is 4.98 Å². The molecular formula is C10H4N4O4. The minimum absolute atomic E-state index is 0.0866. The number of fused-ring (bicyclic) bond motifs is 2. The number of rotatable bonds is 0. The molecular weight excluding hydrogens is 240 g/mol. The zero-order valence-electron chi connectivity index (χ0n) is 8.68. The van der Waals surface area contributed by atoms with Crippen LogP contribution in [-0.4, -0.2) is 33.7 Å². The van der Waals surface area contributed by atoms with Crippen LogP contribution in [0, 0.1) is 0 Å². The lowest BCUT2D eigenvalue weighted by Crippen LogP contribution is -2.36. The van der Waals surface area contributed by atoms with Gasteiger partial charge in [0.1, 0.15) is 11.3 Å². The first-order valence-corrected chi connectivity index (χ1v) is 4.86. The van der Waals surface area contributed by atoms with Gasteiger partial charge in [-0.2, -0.15) is 9.98 Å². The molecule has 2 amide bonds. The van der Waals surface area contributed by atoms with E-state index in [1.54, 1.807) is 0 Å². The van der Waals surface area contributed by atoms with Crippen molar-refractivity contribution in [3.63, 3.8) is 0 Å². The standard InChI is InChI=1S/C10H4N4O4/c15-7-5-4(12-10(18)14-8(5)16)1-3-2-11-9(17)13-6(3)7/h1-2H,(H2,12,14,16,18). The fraction of sp³-hybridized carbons (Fsp3) is 0. The van der Waals surface area contributed by atoms with Gasteiger partial charge >= 0.3 is 11.7 Å². The van der Waals surface area contributed by atoms with Crippen LogP contribution in [0.3, 0.4) is 0 Å². The highest BCUT2D eigenvalue weighted by molar-refractivity contribution is 6.59. The molecule has 0 saturated heterocycles. The molecule has 2 N–H and O–H groups in total. The van der Waals surface area contributed by atoms with Crippen molar-refractivity contribution in [1.29, 1.82) is 0 Å². The van der Waals surface area contributed by atoms with Crippen molar-refractivity contribution >= 4 is 29.8 Å². The van der Waals surface area contributed by atoms with Crippen LogP contribution in [0.5, 0.6) is 0 Å². The van der Waals surface area contributed by atoms with Crippen LogP contribution in [0.4, 0.5) is 4.79 Å². The summed E-state index contributed by atoms with van der Waals surface area (Å²) in [5, 5.41) is 0. The molecule has 1 aliphatic carbocycles. The maximum Gasteiger partial charge on any atom is 0.367 e. The van der Waals surface area contributed by atoms with E-state index in [1.165, 1.54) is 12.3 Å². The monoisotopic (exact) mass is 244 g/mol. The quantitative estimate of drug-likeness (QED) is 0.625. The highest BCUT2D eigenvalue weighted by atomic mass is 16.2. The fourth-order valence-electron chi connectivity index (χ4n) is 1.77. The molecule has 18 heavy (non-hydrogen) atoms. The summed E-state index contributed by atoms with van der Waals surface area (Å²) in [6, 6.07) is -0.806. The van der Waals surface area contributed by atoms with Gasteiger partial charge in [0.2, 0.25) is 5.78 Å². The first-order chi connectivity index (χ1) is 8.56. The van der Waals surface area contributed by atoms with Crippen molar-refractivity contribution in [3.05, 3.63) is 37.7 Å². The Kier molecular flexibility index (Phi) is 1.88. The molecule has 3 rings (SSSR count). The van der Waals surface area contributed by atoms with Crippen LogP contribution in [-0.2, 0) is 0 Å². The second kappa shape index (κ2) is 3.29. The average Bonchev–Trinajstić information content (AvgIpc) is 2.29. The normalized spacial score (nSPS) is 16.9. The van der Waals surface area contributed by atoms with Gasteiger partial charge in [-0.05, 0) is 6.08 Å². The molecule has 1 aromatic heterocycles. The first-order valence-electron chi connectivity index (χ1n) is 4.86. The summed E-state index contributed by atoms with van der Waals surface area (Å²) < 4.78 is 0. The summed E-state index contributed by atoms with van der Waals surface area (Å²) in [6.07, 6.45) is 2.55. The van der Waals surface area contributed by atoms with E-state index in [0.717, 1.165) is 0 Å². The second-order valence-corrected chi connectivity index (χ2v) is 3.63. The summed E-state index contributed by atoms with van der Waals surface area (Å²) in [6.45, 7) is 0. The van der Waals surface area contributed by atoms with Gasteiger partial charge in [0.25, 0.3) is 5.56 Å². The largest absolute Gasteiger partial charge is 0.367 e. The molecule has 1 aliphatic heterocycles. The Morgan fingerprint density at radius 1 is 1.06 bits per heavy atom. The number of allylic oxidation sites excluding steroid dienone is 1. The van der Waals surface area contributed by atoms with Crippen LogP contribution in [0.1, 0.15) is 16.1 Å². The van der Waals surface area contributed by atoms with E-state index in [-0.39, 0.29) is 22.5 Å². The molecule has 0 radical (unpaired) electrons. The highest BCUT2D eigenvalue weighted by Crippen LogP contribution is 2.18. The van der Waals surface area contributed by atoms with E-state index in [2.05, 4.69) is 15.0 Å². The topological polar surface area (TPSA) is 125 Å². The summed E-state index contributed by atoms with van der Waals surface area (Å²) in [4.78, 5) is 56.8. The van der Waals surface area contributed by atoms with Gasteiger partial charge in [-0.1, -0.05) is 0 Å². The second-order valence-electron chi connectivity index (χ2n) is 3.63. The number of amides is 2. The molecule has 0 aromatic carbocycles. The highest BCUT2D eigenvalue weighted by Gasteiger charge is 2.30. The Morgan fingerprint density at radius 2 is 1.83 bits per heavy atom. The van der Waals surface area contributed by atoms with Gasteiger partial charge in [0.05, 0.1) is 5.69 Å². The van der Waals surface area contributed by atoms with Crippen molar-refractivity contribution in [2.24, 2.45) is 9.98 Å². The molecule has 0 unspecified atom stereocenters. The number of hydrogen-bond acceptors (Lipinski definition) is 4. The van der Waals surface area contributed by atoms with Crippen LogP contribution >= 0.6 is 0 Å². The zero-order chi connectivity index (χ0) is 12.9. The molecule has 0 fully saturated rings. The summed E-state index contributed by atoms with van der Waals surface area (Å²) in [5.74, 6) is -0.709. The van der Waals surface area contributed by atoms with Crippen molar-refractivity contribution in [2.75, 3.05) is 0 Å². The third-order valence-corrected chi connectivity index (χ3v) is 2.51. The number of carbonyl (C=O) groups is 2. The van der Waals surface area contributed by atoms with Gasteiger partial charge in [-0.15, -0.1) is 0 Å². The van der Waals surface area contributed by atoms with E-state index < -0.39 is 23.1 Å². The zero-order valence-corrected chi connectivity index (χ0v) is 8.68. The van der Waals surface area contributed by atoms with Crippen LogP contribution in [0.25, 0.3) is 6.08 Å². The van der Waals surface area contributed by atoms with Crippen LogP contribution in [0.15, 0.2) is 25.1 Å². The number of hydrogen-bond donors (Lipinski definition) is 2. The van der Waals surface area contributed by atoms with E-state index in [0.29, 0.717) is 0 Å². The third-order valence-electron chi connectivity index (χ3n) is 2.51. The molecule has 0 spiro atoms. The molecule has 2 heterocycles. The molecule has 88 valence electrons. The lowest BCUT2D eigenvalue weighted by Gasteiger charge is -2.14. The fourth-order valence-corrected chi connectivity index (χ4v) is 1.77. The Hall–Kier alpha value is -2.90. The first kappa shape index (κ1) is 10.3. The summed E-state index contributed by atoms with van der Waals surface area (Å²) in [5.41, 5.74) is -1.53. The Labute approximate surface area is 97.8 Å². The number of urea groups is 1. The van der Waals surface area contributed by atoms with E-state index in [9.17, 15) is 19.2 Å². The number of Topliss-reactive ketones (excluding diaryl/α,β-unsaturated/α-hetero) is 1. The molecule has 0 bridgehead atoms. The molecule has 8 heteroatoms. The molecule has 2 aliphatic rings. The predicted molar refractivity (Wildman–Crippen MR) is 61.3 cm³/mol. The summed E-state index contributed by atoms with van der Waals surface area (Å²) in [7, 11) is 0. The average molecular weight is 244 g/mol. The number of H-pyrrole nitrogens is 2. The Morgan fingerprint density at radius 3 is 2.61 bits per heavy atom. The number of aliphatic imine (C=N–C) groups is 2. The number of carbonyl (C=O) groups excluding carboxylic acids is 2. The molecule has 0 saturated carbocycles. The van der Waals surface area contributed by atoms with Gasteiger partial charge in [0, 0.05) is 11.8 Å². The predicted octanol–water partition coefficient (Wildman–Crippen LogP) is -0.712. The number of aromatic amines is 2. The van der Waals surface area contributed by atoms with Crippen molar-refractivity contribution in [2.45, 2.75) is 0 Å². The van der Waals surface area contributed by atoms with Gasteiger partial charge in [-0.25, -0.2) is 9.59 Å². The van der Waals surface area contributed by atoms with Gasteiger partial charge in [-0.3, -0.25) is 14.6 Å². The Bertz CT molecular complexity index is 806. The van der Waals surface area contributed by atoms with Gasteiger partial charge in [0.15, 0.2) is 0 Å². The van der Waals surface area contributed by atoms with Crippen LogP contribution < -0.4 is 11.2 Å². The maximum absolute atomic E-state index is 12.0. The van der Waals surface area contributed by atoms with Gasteiger partial charge < -0.3 is 4.98 Å². The third kappa shape index (κ3) is 1.32. The van der Waals surface area contributed by atoms with E-state index >= 15 is 0 Å². The van der Waals surface area contributed by atoms with Crippen molar-refractivity contribution < 1.29 is 9.59 Å². The van der Waals surface area contributed by atoms with Crippen LogP contribution in [0.2, 0.25) is 0 Å². The van der Waals surface area contributed by atoms with E-state index in [4.69, 9.17) is 0 Å². The number of nitrogens with zero attached hydrogens (tertiary/aromatic N) is 2. The van der Waals surface area contributed by atoms with Crippen molar-refractivity contribution in [3.8, 4) is 0 Å². The number of nitrogens with one attached hydrogen (secondary N) is 2. The maximum atomic E-state index is 12.0. The number of aromatic nitrogens is 2. The minimum atomic E-state index is -0.813. The summed E-state index contributed by atoms with van der Waals surface area (Å²) >= 11 is 0. The lowest BCUT2D eigenvalue weighted by atomic mass is 9.93. The number of ketones is 1. The lowest BCUT2D eigenvalue weighted by molar-refractivity contribution is 0.106. The molecule has 1 aromatic rings. The molecule has 0 atom stereocenters. The minimum Gasteiger partial charge on any atom is -0.307 e. The van der Waals surface area contributed by atoms with Crippen molar-refractivity contribution in [1.82, 2.24) is 9.97 Å². The molecule has 8 nitrogen and oxygen atoms in total.